The van der Waals surface area contributed by atoms with E-state index >= 15 is 0 Å². The molecular formula is C15H20Cl2N2O2. The van der Waals surface area contributed by atoms with Crippen LogP contribution in [-0.4, -0.2) is 32.1 Å². The molecule has 116 valence electrons. The van der Waals surface area contributed by atoms with Crippen molar-refractivity contribution in [1.29, 1.82) is 0 Å². The summed E-state index contributed by atoms with van der Waals surface area (Å²) in [6.07, 6.45) is 2.58. The molecule has 1 aromatic rings. The monoisotopic (exact) mass is 330 g/mol. The lowest BCUT2D eigenvalue weighted by molar-refractivity contribution is -0.125. The summed E-state index contributed by atoms with van der Waals surface area (Å²) < 4.78 is 5.57. The van der Waals surface area contributed by atoms with E-state index in [2.05, 4.69) is 10.6 Å². The second kappa shape index (κ2) is 8.47. The van der Waals surface area contributed by atoms with Gasteiger partial charge in [0.2, 0.25) is 5.91 Å². The van der Waals surface area contributed by atoms with E-state index in [-0.39, 0.29) is 11.8 Å². The first kappa shape index (κ1) is 16.4. The Hall–Kier alpha value is -0.970. The number of amides is 1. The van der Waals surface area contributed by atoms with Crippen LogP contribution in [-0.2, 0) is 4.79 Å². The maximum atomic E-state index is 11.9. The third-order valence-corrected chi connectivity index (χ3v) is 4.01. The highest BCUT2D eigenvalue weighted by molar-refractivity contribution is 6.35. The van der Waals surface area contributed by atoms with Crippen LogP contribution >= 0.6 is 23.2 Å². The van der Waals surface area contributed by atoms with E-state index in [0.717, 1.165) is 32.4 Å². The minimum atomic E-state index is 0.151. The minimum Gasteiger partial charge on any atom is -0.492 e. The Bertz CT molecular complexity index is 477. The zero-order valence-electron chi connectivity index (χ0n) is 11.8. The number of benzene rings is 1. The average molecular weight is 331 g/mol. The van der Waals surface area contributed by atoms with Crippen molar-refractivity contribution < 1.29 is 9.53 Å². The molecule has 2 N–H and O–H groups in total. The quantitative estimate of drug-likeness (QED) is 0.788. The normalized spacial score (nSPS) is 15.7. The number of nitrogens with one attached hydrogen (secondary N) is 2. The Labute approximate surface area is 135 Å². The average Bonchev–Trinajstić information content (AvgIpc) is 2.49. The standard InChI is InChI=1S/C15H20Cl2N2O2/c16-12-2-3-14(13(17)10-12)21-9-1-6-19-15(20)11-4-7-18-8-5-11/h2-3,10-11,18H,1,4-9H2,(H,19,20). The van der Waals surface area contributed by atoms with E-state index in [9.17, 15) is 4.79 Å². The maximum absolute atomic E-state index is 11.9. The van der Waals surface area contributed by atoms with Crippen molar-refractivity contribution in [3.63, 3.8) is 0 Å². The van der Waals surface area contributed by atoms with Crippen LogP contribution in [0.25, 0.3) is 0 Å². The zero-order chi connectivity index (χ0) is 15.1. The lowest BCUT2D eigenvalue weighted by Gasteiger charge is -2.21. The Kier molecular flexibility index (Phi) is 6.61. The van der Waals surface area contributed by atoms with Gasteiger partial charge in [0.1, 0.15) is 5.75 Å². The second-order valence-electron chi connectivity index (χ2n) is 5.09. The van der Waals surface area contributed by atoms with E-state index in [0.29, 0.717) is 28.9 Å². The smallest absolute Gasteiger partial charge is 0.223 e. The molecule has 1 aromatic carbocycles. The Morgan fingerprint density at radius 2 is 2.10 bits per heavy atom. The molecule has 0 spiro atoms. The van der Waals surface area contributed by atoms with Crippen molar-refractivity contribution in [3.05, 3.63) is 28.2 Å². The molecule has 6 heteroatoms. The highest BCUT2D eigenvalue weighted by Gasteiger charge is 2.19. The molecule has 4 nitrogen and oxygen atoms in total. The molecule has 0 saturated carbocycles. The molecule has 0 radical (unpaired) electrons. The molecule has 1 heterocycles. The van der Waals surface area contributed by atoms with E-state index in [1.165, 1.54) is 0 Å². The molecule has 0 unspecified atom stereocenters. The fourth-order valence-corrected chi connectivity index (χ4v) is 2.75. The Morgan fingerprint density at radius 3 is 2.81 bits per heavy atom. The van der Waals surface area contributed by atoms with Crippen molar-refractivity contribution in [1.82, 2.24) is 10.6 Å². The highest BCUT2D eigenvalue weighted by atomic mass is 35.5. The molecule has 1 amide bonds. The predicted octanol–water partition coefficient (Wildman–Crippen LogP) is 2.88. The first-order valence-corrected chi connectivity index (χ1v) is 7.98. The molecule has 21 heavy (non-hydrogen) atoms. The zero-order valence-corrected chi connectivity index (χ0v) is 13.3. The Balaban J connectivity index is 1.62. The fraction of sp³-hybridized carbons (Fsp3) is 0.533. The van der Waals surface area contributed by atoms with Gasteiger partial charge < -0.3 is 15.4 Å². The first-order valence-electron chi connectivity index (χ1n) is 7.23. The van der Waals surface area contributed by atoms with Gasteiger partial charge >= 0.3 is 0 Å². The molecule has 2 rings (SSSR count). The van der Waals surface area contributed by atoms with Crippen LogP contribution in [0, 0.1) is 5.92 Å². The minimum absolute atomic E-state index is 0.151. The van der Waals surface area contributed by atoms with Gasteiger partial charge in [-0.3, -0.25) is 4.79 Å². The van der Waals surface area contributed by atoms with Gasteiger partial charge in [-0.1, -0.05) is 23.2 Å². The molecule has 1 fully saturated rings. The topological polar surface area (TPSA) is 50.4 Å². The summed E-state index contributed by atoms with van der Waals surface area (Å²) in [6, 6.07) is 5.14. The number of hydrogen-bond donors (Lipinski definition) is 2. The number of carbonyl (C=O) groups is 1. The lowest BCUT2D eigenvalue weighted by atomic mass is 9.97. The molecule has 0 aromatic heterocycles. The largest absolute Gasteiger partial charge is 0.492 e. The van der Waals surface area contributed by atoms with E-state index in [4.69, 9.17) is 27.9 Å². The van der Waals surface area contributed by atoms with E-state index in [1.54, 1.807) is 18.2 Å². The van der Waals surface area contributed by atoms with Gasteiger partial charge in [0.15, 0.2) is 0 Å². The van der Waals surface area contributed by atoms with Gasteiger partial charge in [-0.2, -0.15) is 0 Å². The van der Waals surface area contributed by atoms with Crippen molar-refractivity contribution >= 4 is 29.1 Å². The van der Waals surface area contributed by atoms with Gasteiger partial charge in [0, 0.05) is 17.5 Å². The number of halogens is 2. The van der Waals surface area contributed by atoms with Crippen LogP contribution in [0.15, 0.2) is 18.2 Å². The second-order valence-corrected chi connectivity index (χ2v) is 5.94. The molecule has 0 atom stereocenters. The molecule has 0 aliphatic carbocycles. The van der Waals surface area contributed by atoms with Crippen molar-refractivity contribution in [2.24, 2.45) is 5.92 Å². The summed E-state index contributed by atoms with van der Waals surface area (Å²) in [5.41, 5.74) is 0. The van der Waals surface area contributed by atoms with Gasteiger partial charge in [-0.15, -0.1) is 0 Å². The summed E-state index contributed by atoms with van der Waals surface area (Å²) in [4.78, 5) is 11.9. The van der Waals surface area contributed by atoms with Gasteiger partial charge in [-0.05, 0) is 50.6 Å². The third-order valence-electron chi connectivity index (χ3n) is 3.48. The molecule has 1 saturated heterocycles. The number of piperidine rings is 1. The molecule has 1 aliphatic heterocycles. The van der Waals surface area contributed by atoms with Gasteiger partial charge in [0.25, 0.3) is 0 Å². The van der Waals surface area contributed by atoms with Crippen LogP contribution in [0.1, 0.15) is 19.3 Å². The summed E-state index contributed by atoms with van der Waals surface area (Å²) in [5.74, 6) is 0.921. The highest BCUT2D eigenvalue weighted by Crippen LogP contribution is 2.27. The maximum Gasteiger partial charge on any atom is 0.223 e. The van der Waals surface area contributed by atoms with Crippen molar-refractivity contribution in [2.75, 3.05) is 26.2 Å². The Morgan fingerprint density at radius 1 is 1.33 bits per heavy atom. The first-order chi connectivity index (χ1) is 10.2. The lowest BCUT2D eigenvalue weighted by Crippen LogP contribution is -2.38. The van der Waals surface area contributed by atoms with Crippen LogP contribution < -0.4 is 15.4 Å². The molecule has 1 aliphatic rings. The van der Waals surface area contributed by atoms with Crippen LogP contribution in [0.4, 0.5) is 0 Å². The number of carbonyl (C=O) groups excluding carboxylic acids is 1. The summed E-state index contributed by atoms with van der Waals surface area (Å²) in [6.45, 7) is 2.98. The van der Waals surface area contributed by atoms with E-state index < -0.39 is 0 Å². The number of hydrogen-bond acceptors (Lipinski definition) is 3. The molecule has 0 bridgehead atoms. The third kappa shape index (κ3) is 5.38. The molecular weight excluding hydrogens is 311 g/mol. The number of ether oxygens (including phenoxy) is 1. The van der Waals surface area contributed by atoms with Crippen LogP contribution in [0.5, 0.6) is 5.75 Å². The summed E-state index contributed by atoms with van der Waals surface area (Å²) in [5, 5.41) is 7.30. The van der Waals surface area contributed by atoms with Gasteiger partial charge in [-0.25, -0.2) is 0 Å². The summed E-state index contributed by atoms with van der Waals surface area (Å²) in [7, 11) is 0. The summed E-state index contributed by atoms with van der Waals surface area (Å²) >= 11 is 11.8. The van der Waals surface area contributed by atoms with Crippen LogP contribution in [0.3, 0.4) is 0 Å². The van der Waals surface area contributed by atoms with Gasteiger partial charge in [0.05, 0.1) is 11.6 Å². The van der Waals surface area contributed by atoms with Crippen LogP contribution in [0.2, 0.25) is 10.0 Å². The van der Waals surface area contributed by atoms with E-state index in [1.807, 2.05) is 0 Å². The van der Waals surface area contributed by atoms with Crippen molar-refractivity contribution in [3.8, 4) is 5.75 Å². The van der Waals surface area contributed by atoms with Crippen molar-refractivity contribution in [2.45, 2.75) is 19.3 Å². The fourth-order valence-electron chi connectivity index (χ4n) is 2.29. The number of rotatable bonds is 6. The predicted molar refractivity (Wildman–Crippen MR) is 85.2 cm³/mol. The SMILES string of the molecule is O=C(NCCCOc1ccc(Cl)cc1Cl)C1CCNCC1.